The second-order valence-electron chi connectivity index (χ2n) is 5.07. The molecule has 1 aliphatic heterocycles. The predicted molar refractivity (Wildman–Crippen MR) is 74.5 cm³/mol. The number of piperazine rings is 1. The minimum Gasteiger partial charge on any atom is -0.338 e. The molecule has 2 aromatic rings. The number of hydrogen-bond acceptors (Lipinski definition) is 6. The lowest BCUT2D eigenvalue weighted by molar-refractivity contribution is -0.133. The van der Waals surface area contributed by atoms with Crippen molar-refractivity contribution in [3.05, 3.63) is 36.2 Å². The molecule has 3 rings (SSSR count). The molecule has 0 unspecified atom stereocenters. The standard InChI is InChI=1S/C13H14FN7O2/c14-11-5-10(6-15-7-11)13(23)20-3-1-19(2-4-20)12(22)8-21-9-16-17-18-21/h5-7,9H,1-4,8H2. The molecule has 0 aromatic carbocycles. The van der Waals surface area contributed by atoms with E-state index < -0.39 is 5.82 Å². The van der Waals surface area contributed by atoms with Crippen molar-refractivity contribution in [3.8, 4) is 0 Å². The smallest absolute Gasteiger partial charge is 0.255 e. The van der Waals surface area contributed by atoms with Crippen molar-refractivity contribution in [2.75, 3.05) is 26.2 Å². The number of rotatable bonds is 3. The minimum absolute atomic E-state index is 0.0642. The number of halogens is 1. The highest BCUT2D eigenvalue weighted by Crippen LogP contribution is 2.09. The van der Waals surface area contributed by atoms with Gasteiger partial charge in [0.05, 0.1) is 11.8 Å². The topological polar surface area (TPSA) is 97.1 Å². The van der Waals surface area contributed by atoms with Gasteiger partial charge in [-0.1, -0.05) is 0 Å². The summed E-state index contributed by atoms with van der Waals surface area (Å²) in [5.41, 5.74) is 0.207. The van der Waals surface area contributed by atoms with E-state index in [0.717, 1.165) is 12.3 Å². The molecule has 1 fully saturated rings. The van der Waals surface area contributed by atoms with Gasteiger partial charge in [0.25, 0.3) is 5.91 Å². The Morgan fingerprint density at radius 2 is 1.87 bits per heavy atom. The monoisotopic (exact) mass is 319 g/mol. The van der Waals surface area contributed by atoms with E-state index in [1.165, 1.54) is 17.2 Å². The molecule has 0 bridgehead atoms. The van der Waals surface area contributed by atoms with Gasteiger partial charge in [0.2, 0.25) is 5.91 Å². The Balaban J connectivity index is 1.55. The van der Waals surface area contributed by atoms with Gasteiger partial charge >= 0.3 is 0 Å². The van der Waals surface area contributed by atoms with Crippen LogP contribution in [0.15, 0.2) is 24.8 Å². The summed E-state index contributed by atoms with van der Waals surface area (Å²) in [6.45, 7) is 1.66. The molecule has 0 N–H and O–H groups in total. The Hall–Kier alpha value is -2.91. The SMILES string of the molecule is O=C(Cn1cnnn1)N1CCN(C(=O)c2cncc(F)c2)CC1. The van der Waals surface area contributed by atoms with Crippen LogP contribution >= 0.6 is 0 Å². The van der Waals surface area contributed by atoms with Gasteiger partial charge < -0.3 is 9.80 Å². The molecule has 0 radical (unpaired) electrons. The highest BCUT2D eigenvalue weighted by Gasteiger charge is 2.25. The molecule has 120 valence electrons. The molecule has 0 atom stereocenters. The van der Waals surface area contributed by atoms with Crippen molar-refractivity contribution >= 4 is 11.8 Å². The lowest BCUT2D eigenvalue weighted by Gasteiger charge is -2.34. The summed E-state index contributed by atoms with van der Waals surface area (Å²) in [6.07, 6.45) is 3.75. The van der Waals surface area contributed by atoms with Crippen LogP contribution in [0.25, 0.3) is 0 Å². The van der Waals surface area contributed by atoms with Gasteiger partial charge in [-0.2, -0.15) is 0 Å². The van der Waals surface area contributed by atoms with Crippen LogP contribution in [0.4, 0.5) is 4.39 Å². The van der Waals surface area contributed by atoms with Crippen LogP contribution in [0.3, 0.4) is 0 Å². The fourth-order valence-electron chi connectivity index (χ4n) is 2.36. The molecule has 9 nitrogen and oxygen atoms in total. The third-order valence-corrected chi connectivity index (χ3v) is 3.56. The molecule has 1 saturated heterocycles. The quantitative estimate of drug-likeness (QED) is 0.734. The van der Waals surface area contributed by atoms with E-state index in [1.807, 2.05) is 0 Å². The maximum atomic E-state index is 13.1. The highest BCUT2D eigenvalue weighted by molar-refractivity contribution is 5.94. The van der Waals surface area contributed by atoms with Crippen LogP contribution in [-0.2, 0) is 11.3 Å². The molecule has 2 amide bonds. The second kappa shape index (κ2) is 6.46. The number of carbonyl (C=O) groups is 2. The third kappa shape index (κ3) is 3.47. The second-order valence-corrected chi connectivity index (χ2v) is 5.07. The highest BCUT2D eigenvalue weighted by atomic mass is 19.1. The summed E-state index contributed by atoms with van der Waals surface area (Å²) in [6, 6.07) is 1.16. The molecule has 2 aromatic heterocycles. The summed E-state index contributed by atoms with van der Waals surface area (Å²) < 4.78 is 14.5. The zero-order valence-corrected chi connectivity index (χ0v) is 12.2. The number of amides is 2. The van der Waals surface area contributed by atoms with Crippen LogP contribution in [-0.4, -0.2) is 73.0 Å². The molecule has 0 spiro atoms. The third-order valence-electron chi connectivity index (χ3n) is 3.56. The van der Waals surface area contributed by atoms with Gasteiger partial charge in [-0.05, 0) is 16.5 Å². The average molecular weight is 319 g/mol. The van der Waals surface area contributed by atoms with E-state index in [4.69, 9.17) is 0 Å². The minimum atomic E-state index is -0.550. The first-order valence-corrected chi connectivity index (χ1v) is 7.02. The predicted octanol–water partition coefficient (Wildman–Crippen LogP) is -0.808. The zero-order chi connectivity index (χ0) is 16.2. The summed E-state index contributed by atoms with van der Waals surface area (Å²) in [5, 5.41) is 10.6. The lowest BCUT2D eigenvalue weighted by atomic mass is 10.2. The van der Waals surface area contributed by atoms with Crippen molar-refractivity contribution < 1.29 is 14.0 Å². The van der Waals surface area contributed by atoms with Crippen LogP contribution < -0.4 is 0 Å². The van der Waals surface area contributed by atoms with Crippen LogP contribution in [0.5, 0.6) is 0 Å². The van der Waals surface area contributed by atoms with Crippen LogP contribution in [0.2, 0.25) is 0 Å². The fraction of sp³-hybridized carbons (Fsp3) is 0.385. The Morgan fingerprint density at radius 3 is 2.52 bits per heavy atom. The lowest BCUT2D eigenvalue weighted by Crippen LogP contribution is -2.51. The van der Waals surface area contributed by atoms with Gasteiger partial charge in [0, 0.05) is 32.4 Å². The Labute approximate surface area is 130 Å². The van der Waals surface area contributed by atoms with E-state index in [2.05, 4.69) is 20.5 Å². The molecular formula is C13H14FN7O2. The number of tetrazole rings is 1. The van der Waals surface area contributed by atoms with E-state index in [0.29, 0.717) is 26.2 Å². The van der Waals surface area contributed by atoms with Crippen molar-refractivity contribution in [1.29, 1.82) is 0 Å². The molecule has 0 saturated carbocycles. The summed E-state index contributed by atoms with van der Waals surface area (Å²) in [5.74, 6) is -0.951. The fourth-order valence-corrected chi connectivity index (χ4v) is 2.36. The number of aromatic nitrogens is 5. The van der Waals surface area contributed by atoms with Crippen molar-refractivity contribution in [2.24, 2.45) is 0 Å². The largest absolute Gasteiger partial charge is 0.338 e. The number of pyridine rings is 1. The van der Waals surface area contributed by atoms with Crippen LogP contribution in [0.1, 0.15) is 10.4 Å². The summed E-state index contributed by atoms with van der Waals surface area (Å²) >= 11 is 0. The van der Waals surface area contributed by atoms with Gasteiger partial charge in [0.1, 0.15) is 18.7 Å². The van der Waals surface area contributed by atoms with E-state index in [1.54, 1.807) is 9.80 Å². The number of hydrogen-bond donors (Lipinski definition) is 0. The van der Waals surface area contributed by atoms with E-state index >= 15 is 0 Å². The first-order valence-electron chi connectivity index (χ1n) is 7.02. The van der Waals surface area contributed by atoms with Gasteiger partial charge in [0.15, 0.2) is 0 Å². The summed E-state index contributed by atoms with van der Waals surface area (Å²) in [4.78, 5) is 31.3. The normalized spacial score (nSPS) is 14.8. The van der Waals surface area contributed by atoms with Crippen molar-refractivity contribution in [3.63, 3.8) is 0 Å². The Bertz CT molecular complexity index is 698. The first-order chi connectivity index (χ1) is 11.1. The maximum absolute atomic E-state index is 13.1. The molecule has 1 aliphatic rings. The average Bonchev–Trinajstić information content (AvgIpc) is 3.07. The van der Waals surface area contributed by atoms with Crippen molar-refractivity contribution in [1.82, 2.24) is 35.0 Å². The first kappa shape index (κ1) is 15.0. The van der Waals surface area contributed by atoms with Gasteiger partial charge in [-0.3, -0.25) is 14.6 Å². The van der Waals surface area contributed by atoms with Gasteiger partial charge in [-0.15, -0.1) is 5.10 Å². The molecular weight excluding hydrogens is 305 g/mol. The van der Waals surface area contributed by atoms with E-state index in [9.17, 15) is 14.0 Å². The molecule has 10 heteroatoms. The molecule has 0 aliphatic carbocycles. The number of carbonyl (C=O) groups excluding carboxylic acids is 2. The Kier molecular flexibility index (Phi) is 4.22. The molecule has 23 heavy (non-hydrogen) atoms. The van der Waals surface area contributed by atoms with Crippen LogP contribution in [0, 0.1) is 5.82 Å². The summed E-state index contributed by atoms with van der Waals surface area (Å²) in [7, 11) is 0. The maximum Gasteiger partial charge on any atom is 0.255 e. The Morgan fingerprint density at radius 1 is 1.13 bits per heavy atom. The van der Waals surface area contributed by atoms with E-state index in [-0.39, 0.29) is 23.9 Å². The number of nitrogens with zero attached hydrogens (tertiary/aromatic N) is 7. The zero-order valence-electron chi connectivity index (χ0n) is 12.2. The molecule has 3 heterocycles. The van der Waals surface area contributed by atoms with Gasteiger partial charge in [-0.25, -0.2) is 9.07 Å². The van der Waals surface area contributed by atoms with Crippen molar-refractivity contribution in [2.45, 2.75) is 6.54 Å².